The Bertz CT molecular complexity index is 1080. The van der Waals surface area contributed by atoms with Gasteiger partial charge in [-0.1, -0.05) is 6.92 Å². The molecule has 0 aromatic rings. The van der Waals surface area contributed by atoms with Crippen LogP contribution in [0.5, 0.6) is 0 Å². The second-order valence-electron chi connectivity index (χ2n) is 13.8. The van der Waals surface area contributed by atoms with E-state index in [-0.39, 0.29) is 55.9 Å². The molecule has 224 valence electrons. The Kier molecular flexibility index (Phi) is 6.35. The van der Waals surface area contributed by atoms with Crippen molar-refractivity contribution in [3.05, 3.63) is 11.6 Å². The van der Waals surface area contributed by atoms with E-state index in [0.29, 0.717) is 32.1 Å². The zero-order valence-corrected chi connectivity index (χ0v) is 22.9. The standard InChI is InChI=1S/C29H42O11/c1-26-17(14-6-24(34)37-12-14)4-5-28(26,35)18-3-2-15-7-20-21(10-27(15,13-31)19(18)9-22(26)32)39-25-29(36,40-20)23(33)8-16(11-30)38-25/h6,15-23,25,30-33,35-36H,2-5,7-13H2,1H3/t15-,16-,17+,18+,19-,20-,21?,22+,23-,25-,26-,27+,28?,29-/m0/s1. The summed E-state index contributed by atoms with van der Waals surface area (Å²) in [6.45, 7) is 1.67. The topological polar surface area (TPSA) is 175 Å². The lowest BCUT2D eigenvalue weighted by atomic mass is 9.42. The highest BCUT2D eigenvalue weighted by atomic mass is 16.8. The lowest BCUT2D eigenvalue weighted by Crippen LogP contribution is -2.72. The molecule has 40 heavy (non-hydrogen) atoms. The normalized spacial score (nSPS) is 57.2. The Morgan fingerprint density at radius 3 is 2.48 bits per heavy atom. The highest BCUT2D eigenvalue weighted by Crippen LogP contribution is 2.70. The Balaban J connectivity index is 1.19. The van der Waals surface area contributed by atoms with Gasteiger partial charge in [0.1, 0.15) is 12.7 Å². The summed E-state index contributed by atoms with van der Waals surface area (Å²) in [6, 6.07) is 0. The monoisotopic (exact) mass is 566 g/mol. The lowest BCUT2D eigenvalue weighted by Gasteiger charge is -2.66. The molecule has 4 aliphatic carbocycles. The molecule has 0 aromatic heterocycles. The number of carbonyl (C=O) groups excluding carboxylic acids is 1. The summed E-state index contributed by atoms with van der Waals surface area (Å²) in [6.07, 6.45) is 0.284. The summed E-state index contributed by atoms with van der Waals surface area (Å²) in [4.78, 5) is 11.9. The molecule has 6 N–H and O–H groups in total. The Hall–Kier alpha value is -1.15. The van der Waals surface area contributed by atoms with Crippen molar-refractivity contribution < 1.29 is 54.4 Å². The third-order valence-corrected chi connectivity index (χ3v) is 12.5. The number of fused-ring (bicyclic) bond motifs is 7. The zero-order chi connectivity index (χ0) is 28.2. The van der Waals surface area contributed by atoms with E-state index in [2.05, 4.69) is 0 Å². The van der Waals surface area contributed by atoms with Crippen LogP contribution in [-0.4, -0.2) is 105 Å². The number of aliphatic hydroxyl groups is 6. The van der Waals surface area contributed by atoms with Gasteiger partial charge in [0.05, 0.1) is 36.6 Å². The molecule has 4 saturated carbocycles. The van der Waals surface area contributed by atoms with Gasteiger partial charge in [0.2, 0.25) is 12.1 Å². The highest BCUT2D eigenvalue weighted by Gasteiger charge is 2.72. The van der Waals surface area contributed by atoms with E-state index in [1.807, 2.05) is 6.92 Å². The molecule has 3 heterocycles. The first kappa shape index (κ1) is 27.7. The minimum atomic E-state index is -2.04. The van der Waals surface area contributed by atoms with Gasteiger partial charge in [0.15, 0.2) is 0 Å². The van der Waals surface area contributed by atoms with Gasteiger partial charge >= 0.3 is 5.97 Å². The zero-order valence-electron chi connectivity index (χ0n) is 22.9. The quantitative estimate of drug-likeness (QED) is 0.196. The number of hydrogen-bond donors (Lipinski definition) is 6. The second-order valence-corrected chi connectivity index (χ2v) is 13.8. The van der Waals surface area contributed by atoms with Gasteiger partial charge in [-0.05, 0) is 74.2 Å². The molecule has 7 aliphatic rings. The van der Waals surface area contributed by atoms with Crippen LogP contribution in [0.1, 0.15) is 58.3 Å². The van der Waals surface area contributed by atoms with E-state index in [1.165, 1.54) is 6.08 Å². The summed E-state index contributed by atoms with van der Waals surface area (Å²) < 4.78 is 23.3. The van der Waals surface area contributed by atoms with Gasteiger partial charge in [0, 0.05) is 29.9 Å². The second kappa shape index (κ2) is 9.17. The van der Waals surface area contributed by atoms with Crippen LogP contribution >= 0.6 is 0 Å². The van der Waals surface area contributed by atoms with Crippen LogP contribution < -0.4 is 0 Å². The smallest absolute Gasteiger partial charge is 0.331 e. The molecular formula is C29H42O11. The Morgan fingerprint density at radius 1 is 0.975 bits per heavy atom. The molecule has 0 radical (unpaired) electrons. The van der Waals surface area contributed by atoms with Crippen molar-refractivity contribution in [2.24, 2.45) is 34.5 Å². The van der Waals surface area contributed by atoms with Gasteiger partial charge in [-0.2, -0.15) is 0 Å². The van der Waals surface area contributed by atoms with E-state index in [1.54, 1.807) is 0 Å². The van der Waals surface area contributed by atoms with Crippen LogP contribution in [0.15, 0.2) is 11.6 Å². The fraction of sp³-hybridized carbons (Fsp3) is 0.897. The van der Waals surface area contributed by atoms with Crippen molar-refractivity contribution >= 4 is 5.97 Å². The lowest BCUT2D eigenvalue weighted by molar-refractivity contribution is -0.460. The maximum atomic E-state index is 12.5. The molecule has 6 fully saturated rings. The Labute approximate surface area is 233 Å². The van der Waals surface area contributed by atoms with Crippen molar-refractivity contribution in [3.63, 3.8) is 0 Å². The molecule has 0 bridgehead atoms. The van der Waals surface area contributed by atoms with E-state index < -0.39 is 59.0 Å². The summed E-state index contributed by atoms with van der Waals surface area (Å²) in [5, 5.41) is 66.8. The van der Waals surface area contributed by atoms with Gasteiger partial charge in [0.25, 0.3) is 0 Å². The first-order valence-electron chi connectivity index (χ1n) is 14.9. The van der Waals surface area contributed by atoms with Crippen LogP contribution in [0.2, 0.25) is 0 Å². The average molecular weight is 567 g/mol. The number of cyclic esters (lactones) is 1. The molecule has 7 rings (SSSR count). The molecule has 0 amide bonds. The maximum absolute atomic E-state index is 12.5. The number of esters is 1. The van der Waals surface area contributed by atoms with E-state index in [9.17, 15) is 35.4 Å². The summed E-state index contributed by atoms with van der Waals surface area (Å²) in [5.74, 6) is -2.91. The summed E-state index contributed by atoms with van der Waals surface area (Å²) in [7, 11) is 0. The molecule has 3 aliphatic heterocycles. The van der Waals surface area contributed by atoms with Crippen molar-refractivity contribution in [1.82, 2.24) is 0 Å². The van der Waals surface area contributed by atoms with Crippen molar-refractivity contribution in [2.45, 2.75) is 106 Å². The summed E-state index contributed by atoms with van der Waals surface area (Å²) in [5.41, 5.74) is -1.83. The predicted molar refractivity (Wildman–Crippen MR) is 135 cm³/mol. The van der Waals surface area contributed by atoms with E-state index in [0.717, 1.165) is 18.4 Å². The largest absolute Gasteiger partial charge is 0.458 e. The molecule has 0 aromatic carbocycles. The molecule has 2 saturated heterocycles. The predicted octanol–water partition coefficient (Wildman–Crippen LogP) is -0.263. The van der Waals surface area contributed by atoms with Gasteiger partial charge in [-0.15, -0.1) is 0 Å². The minimum absolute atomic E-state index is 0.0107. The van der Waals surface area contributed by atoms with Crippen LogP contribution in [0, 0.1) is 34.5 Å². The summed E-state index contributed by atoms with van der Waals surface area (Å²) >= 11 is 0. The van der Waals surface area contributed by atoms with Crippen molar-refractivity contribution in [3.8, 4) is 0 Å². The molecule has 2 unspecified atom stereocenters. The molecule has 0 spiro atoms. The number of carbonyl (C=O) groups is 1. The first-order chi connectivity index (χ1) is 19.0. The SMILES string of the molecule is C[C@]12[C@H](O)C[C@H]3[C@@H](CC[C@H]4C[C@@H]5O[C@]6(O)[C@H](OC5C[C@@]43CO)O[C@H](CO)C[C@@H]6O)C1(O)CC[C@@H]2C1=CC(=O)OC1. The van der Waals surface area contributed by atoms with E-state index in [4.69, 9.17) is 18.9 Å². The third kappa shape index (κ3) is 3.47. The number of rotatable bonds is 3. The van der Waals surface area contributed by atoms with Crippen LogP contribution in [0.3, 0.4) is 0 Å². The average Bonchev–Trinajstić information content (AvgIpc) is 3.48. The fourth-order valence-corrected chi connectivity index (χ4v) is 10.4. The van der Waals surface area contributed by atoms with Crippen LogP contribution in [-0.2, 0) is 23.7 Å². The minimum Gasteiger partial charge on any atom is -0.458 e. The van der Waals surface area contributed by atoms with Crippen molar-refractivity contribution in [2.75, 3.05) is 19.8 Å². The molecule has 14 atom stereocenters. The van der Waals surface area contributed by atoms with Gasteiger partial charge in [-0.3, -0.25) is 0 Å². The Morgan fingerprint density at radius 2 is 1.77 bits per heavy atom. The van der Waals surface area contributed by atoms with Crippen LogP contribution in [0.4, 0.5) is 0 Å². The number of hydrogen-bond acceptors (Lipinski definition) is 11. The van der Waals surface area contributed by atoms with Gasteiger partial charge < -0.3 is 49.6 Å². The van der Waals surface area contributed by atoms with Crippen molar-refractivity contribution in [1.29, 1.82) is 0 Å². The fourth-order valence-electron chi connectivity index (χ4n) is 10.4. The third-order valence-electron chi connectivity index (χ3n) is 12.5. The van der Waals surface area contributed by atoms with Crippen LogP contribution in [0.25, 0.3) is 0 Å². The number of aliphatic hydroxyl groups excluding tert-OH is 4. The number of ether oxygens (including phenoxy) is 4. The maximum Gasteiger partial charge on any atom is 0.331 e. The molecule has 11 nitrogen and oxygen atoms in total. The van der Waals surface area contributed by atoms with Gasteiger partial charge in [-0.25, -0.2) is 4.79 Å². The first-order valence-corrected chi connectivity index (χ1v) is 14.9. The molecule has 11 heteroatoms. The highest BCUT2D eigenvalue weighted by molar-refractivity contribution is 5.85. The molecular weight excluding hydrogens is 524 g/mol. The van der Waals surface area contributed by atoms with E-state index >= 15 is 0 Å².